The molecule has 0 saturated heterocycles. The summed E-state index contributed by atoms with van der Waals surface area (Å²) >= 11 is 0. The van der Waals surface area contributed by atoms with Crippen LogP contribution in [0, 0.1) is 0 Å². The van der Waals surface area contributed by atoms with Gasteiger partial charge in [0.2, 0.25) is 0 Å². The minimum absolute atomic E-state index is 0.168. The lowest BCUT2D eigenvalue weighted by Gasteiger charge is -2.21. The third kappa shape index (κ3) is 19.3. The molecule has 8 nitrogen and oxygen atoms in total. The monoisotopic (exact) mass is 651 g/mol. The van der Waals surface area contributed by atoms with E-state index in [1.165, 1.54) is 77.5 Å². The molecule has 2 aromatic rings. The molecule has 0 aromatic heterocycles. The Bertz CT molecular complexity index is 1010. The molecular formula is C39H66N6O2. The fourth-order valence-corrected chi connectivity index (χ4v) is 5.63. The average Bonchev–Trinajstić information content (AvgIpc) is 3.06. The lowest BCUT2D eigenvalue weighted by molar-refractivity contribution is 0.248. The van der Waals surface area contributed by atoms with E-state index >= 15 is 0 Å². The first-order chi connectivity index (χ1) is 23.0. The maximum Gasteiger partial charge on any atom is 0.319 e. The van der Waals surface area contributed by atoms with Crippen molar-refractivity contribution < 1.29 is 9.59 Å². The van der Waals surface area contributed by atoms with E-state index in [2.05, 4.69) is 70.9 Å². The molecule has 0 bridgehead atoms. The molecule has 47 heavy (non-hydrogen) atoms. The molecule has 0 fully saturated rings. The first-order valence-electron chi connectivity index (χ1n) is 18.7. The standard InChI is InChI=1S/C39H66N6O2/c1-5-9-25-44(26-10-6-2)29-15-13-23-40-38(46)42-36-21-17-19-34(32-36)31-35-20-18-22-37(33-35)43-39(47)41-24-14-16-30-45(27-11-7-3)28-12-8-4/h17-22,32-33H,5-16,23-31H2,1-4H3,(H2,40,42,46)(H2,41,43,47). The zero-order valence-corrected chi connectivity index (χ0v) is 30.2. The molecule has 0 aliphatic carbocycles. The van der Waals surface area contributed by atoms with Gasteiger partial charge in [-0.3, -0.25) is 0 Å². The summed E-state index contributed by atoms with van der Waals surface area (Å²) in [5.41, 5.74) is 3.74. The summed E-state index contributed by atoms with van der Waals surface area (Å²) in [6.07, 6.45) is 14.8. The minimum atomic E-state index is -0.168. The van der Waals surface area contributed by atoms with Gasteiger partial charge in [-0.15, -0.1) is 0 Å². The van der Waals surface area contributed by atoms with Crippen molar-refractivity contribution in [2.45, 2.75) is 111 Å². The van der Waals surface area contributed by atoms with Crippen LogP contribution >= 0.6 is 0 Å². The van der Waals surface area contributed by atoms with E-state index in [1.807, 2.05) is 36.4 Å². The van der Waals surface area contributed by atoms with Gasteiger partial charge in [0, 0.05) is 24.5 Å². The van der Waals surface area contributed by atoms with Gasteiger partial charge in [-0.05, 0) is 132 Å². The highest BCUT2D eigenvalue weighted by molar-refractivity contribution is 5.89. The van der Waals surface area contributed by atoms with Crippen molar-refractivity contribution in [2.75, 3.05) is 63.0 Å². The van der Waals surface area contributed by atoms with Crippen molar-refractivity contribution in [3.63, 3.8) is 0 Å². The Morgan fingerprint density at radius 3 is 1.23 bits per heavy atom. The summed E-state index contributed by atoms with van der Waals surface area (Å²) in [6.45, 7) is 17.2. The molecule has 0 radical (unpaired) electrons. The summed E-state index contributed by atoms with van der Waals surface area (Å²) in [5, 5.41) is 12.0. The minimum Gasteiger partial charge on any atom is -0.338 e. The molecule has 0 spiro atoms. The number of carbonyl (C=O) groups is 2. The summed E-state index contributed by atoms with van der Waals surface area (Å²) < 4.78 is 0. The van der Waals surface area contributed by atoms with Crippen LogP contribution in [0.1, 0.15) is 116 Å². The molecule has 0 saturated carbocycles. The van der Waals surface area contributed by atoms with Gasteiger partial charge in [0.25, 0.3) is 0 Å². The molecule has 264 valence electrons. The van der Waals surface area contributed by atoms with Crippen LogP contribution in [0.5, 0.6) is 0 Å². The Hall–Kier alpha value is -3.10. The van der Waals surface area contributed by atoms with E-state index in [1.54, 1.807) is 0 Å². The van der Waals surface area contributed by atoms with Gasteiger partial charge in [0.05, 0.1) is 0 Å². The zero-order valence-electron chi connectivity index (χ0n) is 30.2. The van der Waals surface area contributed by atoms with Crippen LogP contribution in [-0.4, -0.2) is 74.2 Å². The molecule has 2 rings (SSSR count). The Labute approximate surface area is 286 Å². The third-order valence-corrected chi connectivity index (χ3v) is 8.46. The van der Waals surface area contributed by atoms with E-state index in [0.29, 0.717) is 19.5 Å². The molecule has 2 aromatic carbocycles. The number of nitrogens with zero attached hydrogens (tertiary/aromatic N) is 2. The van der Waals surface area contributed by atoms with Gasteiger partial charge in [-0.2, -0.15) is 0 Å². The number of urea groups is 2. The second-order valence-electron chi connectivity index (χ2n) is 12.9. The van der Waals surface area contributed by atoms with Crippen molar-refractivity contribution in [1.29, 1.82) is 0 Å². The summed E-state index contributed by atoms with van der Waals surface area (Å²) in [4.78, 5) is 30.2. The second kappa shape index (κ2) is 25.9. The van der Waals surface area contributed by atoms with Crippen LogP contribution < -0.4 is 21.3 Å². The zero-order chi connectivity index (χ0) is 34.0. The number of benzene rings is 2. The molecule has 4 amide bonds. The van der Waals surface area contributed by atoms with Crippen molar-refractivity contribution in [3.8, 4) is 0 Å². The van der Waals surface area contributed by atoms with Crippen molar-refractivity contribution in [3.05, 3.63) is 59.7 Å². The number of carbonyl (C=O) groups excluding carboxylic acids is 2. The van der Waals surface area contributed by atoms with Gasteiger partial charge in [0.15, 0.2) is 0 Å². The molecular weight excluding hydrogens is 584 g/mol. The lowest BCUT2D eigenvalue weighted by atomic mass is 10.0. The van der Waals surface area contributed by atoms with Crippen LogP contribution in [0.2, 0.25) is 0 Å². The number of rotatable bonds is 26. The number of hydrogen-bond donors (Lipinski definition) is 4. The molecule has 0 aliphatic heterocycles. The quantitative estimate of drug-likeness (QED) is 0.0766. The molecule has 0 atom stereocenters. The van der Waals surface area contributed by atoms with Gasteiger partial charge < -0.3 is 31.1 Å². The van der Waals surface area contributed by atoms with Gasteiger partial charge in [0.1, 0.15) is 0 Å². The highest BCUT2D eigenvalue weighted by Gasteiger charge is 2.08. The fourth-order valence-electron chi connectivity index (χ4n) is 5.63. The van der Waals surface area contributed by atoms with Crippen molar-refractivity contribution >= 4 is 23.4 Å². The number of unbranched alkanes of at least 4 members (excludes halogenated alkanes) is 6. The van der Waals surface area contributed by atoms with E-state index in [9.17, 15) is 9.59 Å². The average molecular weight is 651 g/mol. The molecule has 0 unspecified atom stereocenters. The van der Waals surface area contributed by atoms with E-state index < -0.39 is 0 Å². The molecule has 0 heterocycles. The van der Waals surface area contributed by atoms with Gasteiger partial charge >= 0.3 is 12.1 Å². The van der Waals surface area contributed by atoms with E-state index in [-0.39, 0.29) is 12.1 Å². The maximum atomic E-state index is 12.5. The Balaban J connectivity index is 1.72. The number of hydrogen-bond acceptors (Lipinski definition) is 4. The highest BCUT2D eigenvalue weighted by atomic mass is 16.2. The maximum absolute atomic E-state index is 12.5. The Kier molecular flexibility index (Phi) is 22.1. The first kappa shape index (κ1) is 40.1. The van der Waals surface area contributed by atoms with Gasteiger partial charge in [-0.1, -0.05) is 77.6 Å². The van der Waals surface area contributed by atoms with E-state index in [4.69, 9.17) is 0 Å². The third-order valence-electron chi connectivity index (χ3n) is 8.46. The van der Waals surface area contributed by atoms with Crippen molar-refractivity contribution in [2.24, 2.45) is 0 Å². The highest BCUT2D eigenvalue weighted by Crippen LogP contribution is 2.18. The topological polar surface area (TPSA) is 88.7 Å². The van der Waals surface area contributed by atoms with Crippen LogP contribution in [0.4, 0.5) is 21.0 Å². The predicted molar refractivity (Wildman–Crippen MR) is 201 cm³/mol. The summed E-state index contributed by atoms with van der Waals surface area (Å²) in [6, 6.07) is 15.6. The normalized spacial score (nSPS) is 11.2. The van der Waals surface area contributed by atoms with Crippen LogP contribution in [0.3, 0.4) is 0 Å². The largest absolute Gasteiger partial charge is 0.338 e. The lowest BCUT2D eigenvalue weighted by Crippen LogP contribution is -2.31. The molecule has 4 N–H and O–H groups in total. The van der Waals surface area contributed by atoms with Crippen LogP contribution in [0.15, 0.2) is 48.5 Å². The van der Waals surface area contributed by atoms with Gasteiger partial charge in [-0.25, -0.2) is 9.59 Å². The second-order valence-corrected chi connectivity index (χ2v) is 12.9. The SMILES string of the molecule is CCCCN(CCCC)CCCCNC(=O)Nc1cccc(Cc2cccc(NC(=O)NCCCCN(CCCC)CCCC)c2)c1. The number of anilines is 2. The van der Waals surface area contributed by atoms with Crippen LogP contribution in [-0.2, 0) is 6.42 Å². The number of amides is 4. The van der Waals surface area contributed by atoms with Crippen LogP contribution in [0.25, 0.3) is 0 Å². The number of nitrogens with one attached hydrogen (secondary N) is 4. The molecule has 0 aliphatic rings. The fraction of sp³-hybridized carbons (Fsp3) is 0.641. The predicted octanol–water partition coefficient (Wildman–Crippen LogP) is 8.89. The van der Waals surface area contributed by atoms with E-state index in [0.717, 1.165) is 61.3 Å². The Morgan fingerprint density at radius 2 is 0.872 bits per heavy atom. The summed E-state index contributed by atoms with van der Waals surface area (Å²) in [7, 11) is 0. The first-order valence-corrected chi connectivity index (χ1v) is 18.7. The molecule has 8 heteroatoms. The smallest absolute Gasteiger partial charge is 0.319 e. The Morgan fingerprint density at radius 1 is 0.511 bits per heavy atom. The van der Waals surface area contributed by atoms with Crippen molar-refractivity contribution in [1.82, 2.24) is 20.4 Å². The summed E-state index contributed by atoms with van der Waals surface area (Å²) in [5.74, 6) is 0.